The van der Waals surface area contributed by atoms with Gasteiger partial charge in [-0.2, -0.15) is 0 Å². The van der Waals surface area contributed by atoms with E-state index < -0.39 is 35.2 Å². The molecule has 0 atom stereocenters. The van der Waals surface area contributed by atoms with Gasteiger partial charge in [0.05, 0.1) is 7.11 Å². The number of pyridine rings is 1. The van der Waals surface area contributed by atoms with E-state index in [2.05, 4.69) is 4.98 Å². The van der Waals surface area contributed by atoms with Crippen molar-refractivity contribution in [3.05, 3.63) is 74.9 Å². The smallest absolute Gasteiger partial charge is 0.267 e. The van der Waals surface area contributed by atoms with E-state index in [0.29, 0.717) is 27.2 Å². The summed E-state index contributed by atoms with van der Waals surface area (Å²) < 4.78 is 54.8. The third-order valence-corrected chi connectivity index (χ3v) is 8.33. The fourth-order valence-electron chi connectivity index (χ4n) is 2.60. The summed E-state index contributed by atoms with van der Waals surface area (Å²) in [5.41, 5.74) is -0.00925. The molecule has 0 spiro atoms. The van der Waals surface area contributed by atoms with Crippen LogP contribution in [0.2, 0.25) is 5.02 Å². The molecule has 1 aromatic heterocycles. The lowest BCUT2D eigenvalue weighted by molar-refractivity contribution is 0.415. The molecular weight excluding hydrogens is 438 g/mol. The summed E-state index contributed by atoms with van der Waals surface area (Å²) in [6, 6.07) is 12.2. The molecule has 0 aliphatic rings. The molecule has 1 heterocycles. The Morgan fingerprint density at radius 3 is 2.38 bits per heavy atom. The molecule has 0 saturated carbocycles. The first kappa shape index (κ1) is 21.1. The maximum absolute atomic E-state index is 12.6. The molecule has 29 heavy (non-hydrogen) atoms. The number of ether oxygens (including phenoxy) is 1. The predicted octanol–water partition coefficient (Wildman–Crippen LogP) is 3.01. The molecule has 7 nitrogen and oxygen atoms in total. The second-order valence-electron chi connectivity index (χ2n) is 6.17. The van der Waals surface area contributed by atoms with Gasteiger partial charge >= 0.3 is 0 Å². The van der Waals surface area contributed by atoms with E-state index in [0.717, 1.165) is 11.5 Å². The van der Waals surface area contributed by atoms with Gasteiger partial charge in [-0.25, -0.2) is 16.8 Å². The lowest BCUT2D eigenvalue weighted by Crippen LogP contribution is -2.23. The van der Waals surface area contributed by atoms with Crippen molar-refractivity contribution in [2.24, 2.45) is 0 Å². The summed E-state index contributed by atoms with van der Waals surface area (Å²) >= 11 is 5.86. The number of hydrogen-bond donors (Lipinski definition) is 1. The zero-order chi connectivity index (χ0) is 21.2. The molecule has 0 fully saturated rings. The predicted molar refractivity (Wildman–Crippen MR) is 113 cm³/mol. The summed E-state index contributed by atoms with van der Waals surface area (Å²) in [5, 5.41) is 0.365. The quantitative estimate of drug-likeness (QED) is 0.614. The number of halogens is 1. The lowest BCUT2D eigenvalue weighted by atomic mass is 10.2. The number of aromatic nitrogens is 1. The first-order chi connectivity index (χ1) is 13.6. The minimum absolute atomic E-state index is 0.351. The number of aromatic amines is 1. The van der Waals surface area contributed by atoms with Crippen LogP contribution in [0.25, 0.3) is 17.0 Å². The summed E-state index contributed by atoms with van der Waals surface area (Å²) in [5.74, 6) is 0.601. The number of nitrogens with one attached hydrogen (secondary N) is 1. The molecule has 0 saturated heterocycles. The fraction of sp³-hybridized carbons (Fsp3) is 0.105. The van der Waals surface area contributed by atoms with Crippen molar-refractivity contribution in [2.75, 3.05) is 12.2 Å². The molecule has 2 aromatic carbocycles. The Kier molecular flexibility index (Phi) is 5.83. The Bertz CT molecular complexity index is 1360. The van der Waals surface area contributed by atoms with Gasteiger partial charge in [0, 0.05) is 15.9 Å². The first-order valence-corrected chi connectivity index (χ1v) is 11.9. The summed E-state index contributed by atoms with van der Waals surface area (Å²) in [4.78, 5) is 14.0. The van der Waals surface area contributed by atoms with E-state index >= 15 is 0 Å². The Morgan fingerprint density at radius 1 is 1.03 bits per heavy atom. The third kappa shape index (κ3) is 5.06. The molecule has 152 valence electrons. The van der Waals surface area contributed by atoms with Gasteiger partial charge in [-0.1, -0.05) is 29.8 Å². The van der Waals surface area contributed by atoms with E-state index in [9.17, 15) is 21.6 Å². The lowest BCUT2D eigenvalue weighted by Gasteiger charge is -2.05. The Hall–Kier alpha value is -2.62. The monoisotopic (exact) mass is 453 g/mol. The van der Waals surface area contributed by atoms with Gasteiger partial charge in [-0.15, -0.1) is 0 Å². The average Bonchev–Trinajstić information content (AvgIpc) is 2.65. The Labute approximate surface area is 172 Å². The molecule has 0 radical (unpaired) electrons. The highest BCUT2D eigenvalue weighted by molar-refractivity contribution is 8.09. The minimum Gasteiger partial charge on any atom is -0.497 e. The standard InChI is InChI=1S/C19H16ClNO6S2/c1-27-16-6-2-13(3-7-16)8-9-28(23,24)12-29(25,26)18-10-14-4-5-15(20)11-17(14)21-19(18)22/h2-11H,12H2,1H3,(H,21,22). The molecule has 3 rings (SSSR count). The van der Waals surface area contributed by atoms with Crippen LogP contribution < -0.4 is 10.3 Å². The van der Waals surface area contributed by atoms with E-state index in [1.165, 1.54) is 31.4 Å². The van der Waals surface area contributed by atoms with E-state index in [1.54, 1.807) is 24.3 Å². The van der Waals surface area contributed by atoms with Crippen molar-refractivity contribution in [3.63, 3.8) is 0 Å². The topological polar surface area (TPSA) is 110 Å². The van der Waals surface area contributed by atoms with Crippen LogP contribution in [0.15, 0.2) is 63.6 Å². The fourth-order valence-corrected chi connectivity index (χ4v) is 6.33. The number of hydrogen-bond acceptors (Lipinski definition) is 6. The van der Waals surface area contributed by atoms with Crippen LogP contribution in [0.4, 0.5) is 0 Å². The van der Waals surface area contributed by atoms with Gasteiger partial charge in [0.25, 0.3) is 5.56 Å². The van der Waals surface area contributed by atoms with Crippen LogP contribution in [0.1, 0.15) is 5.56 Å². The number of fused-ring (bicyclic) bond motifs is 1. The third-order valence-electron chi connectivity index (χ3n) is 4.01. The van der Waals surface area contributed by atoms with Crippen molar-refractivity contribution >= 4 is 48.3 Å². The minimum atomic E-state index is -4.40. The molecular formula is C19H16ClNO6S2. The van der Waals surface area contributed by atoms with Crippen LogP contribution in [0.3, 0.4) is 0 Å². The Balaban J connectivity index is 1.90. The maximum Gasteiger partial charge on any atom is 0.267 e. The zero-order valence-electron chi connectivity index (χ0n) is 15.1. The van der Waals surface area contributed by atoms with Gasteiger partial charge in [0.1, 0.15) is 10.6 Å². The molecule has 0 unspecified atom stereocenters. The molecule has 0 aliphatic heterocycles. The number of sulfone groups is 2. The second-order valence-corrected chi connectivity index (χ2v) is 10.8. The number of methoxy groups -OCH3 is 1. The zero-order valence-corrected chi connectivity index (χ0v) is 17.5. The highest BCUT2D eigenvalue weighted by Gasteiger charge is 2.25. The average molecular weight is 454 g/mol. The molecule has 0 amide bonds. The molecule has 1 N–H and O–H groups in total. The van der Waals surface area contributed by atoms with Gasteiger partial charge in [-0.05, 0) is 47.4 Å². The van der Waals surface area contributed by atoms with Crippen molar-refractivity contribution in [1.29, 1.82) is 0 Å². The van der Waals surface area contributed by atoms with Gasteiger partial charge in [0.15, 0.2) is 24.8 Å². The van der Waals surface area contributed by atoms with E-state index in [-0.39, 0.29) is 0 Å². The summed E-state index contributed by atoms with van der Waals surface area (Å²) in [6.45, 7) is 0. The largest absolute Gasteiger partial charge is 0.497 e. The number of benzene rings is 2. The SMILES string of the molecule is COc1ccc(C=CS(=O)(=O)CS(=O)(=O)c2cc3ccc(Cl)cc3[nH]c2=O)cc1. The summed E-state index contributed by atoms with van der Waals surface area (Å²) in [7, 11) is -7.05. The van der Waals surface area contributed by atoms with Gasteiger partial charge in [0.2, 0.25) is 0 Å². The first-order valence-electron chi connectivity index (χ1n) is 8.20. The second kappa shape index (κ2) is 8.02. The van der Waals surface area contributed by atoms with Crippen LogP contribution in [-0.2, 0) is 19.7 Å². The number of rotatable bonds is 6. The van der Waals surface area contributed by atoms with Crippen molar-refractivity contribution < 1.29 is 21.6 Å². The molecule has 0 aliphatic carbocycles. The van der Waals surface area contributed by atoms with Gasteiger partial charge in [-0.3, -0.25) is 4.79 Å². The highest BCUT2D eigenvalue weighted by Crippen LogP contribution is 2.20. The number of H-pyrrole nitrogens is 1. The molecule has 3 aromatic rings. The Morgan fingerprint density at radius 2 is 1.72 bits per heavy atom. The van der Waals surface area contributed by atoms with Crippen molar-refractivity contribution in [2.45, 2.75) is 4.90 Å². The van der Waals surface area contributed by atoms with Crippen molar-refractivity contribution in [3.8, 4) is 5.75 Å². The molecule has 10 heteroatoms. The van der Waals surface area contributed by atoms with Crippen LogP contribution in [0.5, 0.6) is 5.75 Å². The van der Waals surface area contributed by atoms with E-state index in [4.69, 9.17) is 16.3 Å². The van der Waals surface area contributed by atoms with Crippen molar-refractivity contribution in [1.82, 2.24) is 4.98 Å². The summed E-state index contributed by atoms with van der Waals surface area (Å²) in [6.07, 6.45) is 1.27. The highest BCUT2D eigenvalue weighted by atomic mass is 35.5. The maximum atomic E-state index is 12.6. The van der Waals surface area contributed by atoms with Crippen LogP contribution >= 0.6 is 11.6 Å². The normalized spacial score (nSPS) is 12.5. The molecule has 0 bridgehead atoms. The van der Waals surface area contributed by atoms with Crippen LogP contribution in [-0.4, -0.2) is 34.0 Å². The van der Waals surface area contributed by atoms with E-state index in [1.807, 2.05) is 0 Å². The van der Waals surface area contributed by atoms with Crippen LogP contribution in [0, 0.1) is 0 Å². The van der Waals surface area contributed by atoms with Gasteiger partial charge < -0.3 is 9.72 Å².